The average Bonchev–Trinajstić information content (AvgIpc) is 3.24. The lowest BCUT2D eigenvalue weighted by atomic mass is 9.96. The van der Waals surface area contributed by atoms with Crippen molar-refractivity contribution in [2.24, 2.45) is 0 Å². The predicted octanol–water partition coefficient (Wildman–Crippen LogP) is 4.42. The minimum absolute atomic E-state index is 0.438. The van der Waals surface area contributed by atoms with Crippen LogP contribution in [0, 0.1) is 0 Å². The fourth-order valence-corrected chi connectivity index (χ4v) is 5.15. The number of esters is 1. The molecule has 9 heteroatoms. The molecule has 5 rings (SSSR count). The number of aromatic nitrogens is 2. The first-order valence-corrected chi connectivity index (χ1v) is 12.4. The molecule has 0 bridgehead atoms. The van der Waals surface area contributed by atoms with E-state index in [9.17, 15) is 9.59 Å². The molecule has 8 nitrogen and oxygen atoms in total. The molecule has 0 radical (unpaired) electrons. The molecule has 35 heavy (non-hydrogen) atoms. The van der Waals surface area contributed by atoms with Crippen LogP contribution in [0.25, 0.3) is 21.1 Å². The Morgan fingerprint density at radius 3 is 2.83 bits per heavy atom. The van der Waals surface area contributed by atoms with Gasteiger partial charge < -0.3 is 14.4 Å². The minimum atomic E-state index is -1.00. The molecule has 180 valence electrons. The van der Waals surface area contributed by atoms with Gasteiger partial charge in [-0.1, -0.05) is 29.5 Å². The number of thiazole rings is 1. The Kier molecular flexibility index (Phi) is 6.36. The lowest BCUT2D eigenvalue weighted by Crippen LogP contribution is -2.32. The normalized spacial score (nSPS) is 14.5. The van der Waals surface area contributed by atoms with Crippen LogP contribution in [0.2, 0.25) is 0 Å². The van der Waals surface area contributed by atoms with Gasteiger partial charge in [-0.05, 0) is 45.2 Å². The van der Waals surface area contributed by atoms with Gasteiger partial charge in [0.2, 0.25) is 0 Å². The lowest BCUT2D eigenvalue weighted by molar-refractivity contribution is -0.123. The molecule has 1 atom stereocenters. The van der Waals surface area contributed by atoms with Crippen molar-refractivity contribution in [3.8, 4) is 5.75 Å². The highest BCUT2D eigenvalue weighted by Crippen LogP contribution is 2.30. The Morgan fingerprint density at radius 2 is 2.00 bits per heavy atom. The number of rotatable bonds is 6. The number of benzene rings is 2. The van der Waals surface area contributed by atoms with Crippen LogP contribution in [0.3, 0.4) is 0 Å². The lowest BCUT2D eigenvalue weighted by Gasteiger charge is -2.27. The molecule has 1 amide bonds. The second kappa shape index (κ2) is 9.59. The average molecular weight is 491 g/mol. The van der Waals surface area contributed by atoms with Crippen molar-refractivity contribution in [2.45, 2.75) is 32.9 Å². The number of pyridine rings is 1. The van der Waals surface area contributed by atoms with Gasteiger partial charge in [0.1, 0.15) is 5.75 Å². The van der Waals surface area contributed by atoms with E-state index in [1.807, 2.05) is 56.4 Å². The molecule has 2 aromatic carbocycles. The largest absolute Gasteiger partial charge is 0.494 e. The molecule has 1 aliphatic rings. The number of likely N-dealkylation sites (N-methyl/N-ethyl adjacent to an activating group) is 1. The minimum Gasteiger partial charge on any atom is -0.494 e. The van der Waals surface area contributed by atoms with E-state index in [1.54, 1.807) is 6.92 Å². The second-order valence-corrected chi connectivity index (χ2v) is 9.57. The van der Waals surface area contributed by atoms with Crippen LogP contribution in [-0.2, 0) is 22.5 Å². The SMILES string of the molecule is CCOc1ccc2nc(NC(=O)C(C)OC(=O)c3c4c(nc5ccccc35)CCN(C)C4)sc2c1. The summed E-state index contributed by atoms with van der Waals surface area (Å²) < 4.78 is 12.1. The number of hydrogen-bond donors (Lipinski definition) is 1. The third-order valence-corrected chi connectivity index (χ3v) is 6.93. The standard InChI is InChI=1S/C26H26N4O4S/c1-4-33-16-9-10-21-22(13-16)35-26(28-21)29-24(31)15(2)34-25(32)23-17-7-5-6-8-19(17)27-20-11-12-30(3)14-18(20)23/h5-10,13,15H,4,11-12,14H2,1-3H3,(H,28,29,31). The number of fused-ring (bicyclic) bond motifs is 3. The Bertz CT molecular complexity index is 1430. The number of hydrogen-bond acceptors (Lipinski definition) is 8. The van der Waals surface area contributed by atoms with Crippen LogP contribution >= 0.6 is 11.3 Å². The first-order chi connectivity index (χ1) is 16.9. The van der Waals surface area contributed by atoms with E-state index in [-0.39, 0.29) is 0 Å². The van der Waals surface area contributed by atoms with Crippen molar-refractivity contribution in [1.82, 2.24) is 14.9 Å². The highest BCUT2D eigenvalue weighted by molar-refractivity contribution is 7.22. The van der Waals surface area contributed by atoms with Crippen molar-refractivity contribution < 1.29 is 19.1 Å². The molecule has 0 fully saturated rings. The maximum absolute atomic E-state index is 13.4. The molecule has 0 spiro atoms. The molecule has 0 aliphatic carbocycles. The van der Waals surface area contributed by atoms with Gasteiger partial charge in [0.05, 0.1) is 27.9 Å². The number of amides is 1. The Balaban J connectivity index is 1.36. The van der Waals surface area contributed by atoms with E-state index in [0.29, 0.717) is 23.8 Å². The third kappa shape index (κ3) is 4.69. The number of carbonyl (C=O) groups is 2. The van der Waals surface area contributed by atoms with Crippen molar-refractivity contribution in [3.63, 3.8) is 0 Å². The van der Waals surface area contributed by atoms with Crippen molar-refractivity contribution in [3.05, 3.63) is 59.3 Å². The van der Waals surface area contributed by atoms with E-state index < -0.39 is 18.0 Å². The smallest absolute Gasteiger partial charge is 0.339 e. The van der Waals surface area contributed by atoms with Gasteiger partial charge in [0.15, 0.2) is 11.2 Å². The highest BCUT2D eigenvalue weighted by atomic mass is 32.1. The quantitative estimate of drug-likeness (QED) is 0.400. The molecule has 3 heterocycles. The number of nitrogens with one attached hydrogen (secondary N) is 1. The highest BCUT2D eigenvalue weighted by Gasteiger charge is 2.28. The summed E-state index contributed by atoms with van der Waals surface area (Å²) in [5.74, 6) is -0.211. The third-order valence-electron chi connectivity index (χ3n) is 6.00. The van der Waals surface area contributed by atoms with Crippen molar-refractivity contribution >= 4 is 49.5 Å². The van der Waals surface area contributed by atoms with Crippen LogP contribution in [0.5, 0.6) is 5.75 Å². The number of ether oxygens (including phenoxy) is 2. The summed E-state index contributed by atoms with van der Waals surface area (Å²) in [6.07, 6.45) is -0.243. The van der Waals surface area contributed by atoms with Gasteiger partial charge in [-0.3, -0.25) is 15.1 Å². The monoisotopic (exact) mass is 490 g/mol. The maximum atomic E-state index is 13.4. The predicted molar refractivity (Wildman–Crippen MR) is 136 cm³/mol. The Labute approximate surface area is 206 Å². The van der Waals surface area contributed by atoms with Gasteiger partial charge in [0.25, 0.3) is 5.91 Å². The molecular formula is C26H26N4O4S. The summed E-state index contributed by atoms with van der Waals surface area (Å²) in [5.41, 5.74) is 3.77. The molecule has 2 aromatic heterocycles. The summed E-state index contributed by atoms with van der Waals surface area (Å²) in [6, 6.07) is 13.1. The summed E-state index contributed by atoms with van der Waals surface area (Å²) in [4.78, 5) is 37.6. The van der Waals surface area contributed by atoms with Gasteiger partial charge in [-0.15, -0.1) is 0 Å². The first-order valence-electron chi connectivity index (χ1n) is 11.6. The zero-order chi connectivity index (χ0) is 24.5. The van der Waals surface area contributed by atoms with Gasteiger partial charge in [-0.2, -0.15) is 0 Å². The van der Waals surface area contributed by atoms with E-state index in [4.69, 9.17) is 14.5 Å². The van der Waals surface area contributed by atoms with E-state index in [1.165, 1.54) is 11.3 Å². The van der Waals surface area contributed by atoms with Crippen molar-refractivity contribution in [2.75, 3.05) is 25.5 Å². The Hall–Kier alpha value is -3.56. The Morgan fingerprint density at radius 1 is 1.17 bits per heavy atom. The van der Waals surface area contributed by atoms with Crippen LogP contribution in [-0.4, -0.2) is 53.0 Å². The first kappa shape index (κ1) is 23.2. The van der Waals surface area contributed by atoms with Crippen LogP contribution in [0.15, 0.2) is 42.5 Å². The number of nitrogens with zero attached hydrogens (tertiary/aromatic N) is 3. The fraction of sp³-hybridized carbons (Fsp3) is 0.308. The number of para-hydroxylation sites is 1. The molecule has 1 aliphatic heterocycles. The van der Waals surface area contributed by atoms with E-state index >= 15 is 0 Å². The summed E-state index contributed by atoms with van der Waals surface area (Å²) in [5, 5.41) is 3.95. The zero-order valence-corrected chi connectivity index (χ0v) is 20.6. The van der Waals surface area contributed by atoms with Gasteiger partial charge >= 0.3 is 5.97 Å². The molecule has 0 saturated heterocycles. The van der Waals surface area contributed by atoms with Gasteiger partial charge in [-0.25, -0.2) is 9.78 Å². The zero-order valence-electron chi connectivity index (χ0n) is 19.8. The van der Waals surface area contributed by atoms with E-state index in [2.05, 4.69) is 15.2 Å². The van der Waals surface area contributed by atoms with Crippen LogP contribution in [0.4, 0.5) is 5.13 Å². The summed E-state index contributed by atoms with van der Waals surface area (Å²) >= 11 is 1.34. The molecular weight excluding hydrogens is 464 g/mol. The molecule has 0 saturated carbocycles. The summed E-state index contributed by atoms with van der Waals surface area (Å²) in [6.45, 7) is 5.54. The summed E-state index contributed by atoms with van der Waals surface area (Å²) in [7, 11) is 2.01. The van der Waals surface area contributed by atoms with Crippen molar-refractivity contribution in [1.29, 1.82) is 0 Å². The second-order valence-electron chi connectivity index (χ2n) is 8.54. The molecule has 1 N–H and O–H groups in total. The van der Waals surface area contributed by atoms with E-state index in [0.717, 1.165) is 51.1 Å². The number of anilines is 1. The van der Waals surface area contributed by atoms with Gasteiger partial charge in [0, 0.05) is 36.2 Å². The molecule has 4 aromatic rings. The maximum Gasteiger partial charge on any atom is 0.339 e. The fourth-order valence-electron chi connectivity index (χ4n) is 4.25. The van der Waals surface area contributed by atoms with Crippen LogP contribution in [0.1, 0.15) is 35.5 Å². The topological polar surface area (TPSA) is 93.7 Å². The molecule has 1 unspecified atom stereocenters. The van der Waals surface area contributed by atoms with Crippen LogP contribution < -0.4 is 10.1 Å². The number of carbonyl (C=O) groups excluding carboxylic acids is 2.